The lowest BCUT2D eigenvalue weighted by molar-refractivity contribution is -0.122. The van der Waals surface area contributed by atoms with Crippen molar-refractivity contribution in [2.24, 2.45) is 0 Å². The van der Waals surface area contributed by atoms with Gasteiger partial charge in [0.15, 0.2) is 6.10 Å². The zero-order chi connectivity index (χ0) is 17.6. The fourth-order valence-corrected chi connectivity index (χ4v) is 2.69. The molecule has 3 aromatic carbocycles. The summed E-state index contributed by atoms with van der Waals surface area (Å²) in [6.07, 6.45) is 0.00943. The van der Waals surface area contributed by atoms with Gasteiger partial charge in [-0.25, -0.2) is 0 Å². The number of fused-ring (bicyclic) bond motifs is 1. The van der Waals surface area contributed by atoms with Gasteiger partial charge in [0, 0.05) is 11.1 Å². The molecule has 0 aromatic heterocycles. The summed E-state index contributed by atoms with van der Waals surface area (Å²) in [5.74, 6) is 1.23. The van der Waals surface area contributed by atoms with Gasteiger partial charge < -0.3 is 14.8 Å². The average Bonchev–Trinajstić information content (AvgIpc) is 2.66. The first-order chi connectivity index (χ1) is 12.2. The Kier molecular flexibility index (Phi) is 5.19. The largest absolute Gasteiger partial charge is 0.497 e. The van der Waals surface area contributed by atoms with Crippen molar-refractivity contribution in [2.75, 3.05) is 12.4 Å². The summed E-state index contributed by atoms with van der Waals surface area (Å²) in [6.45, 7) is 1.93. The van der Waals surface area contributed by atoms with Crippen LogP contribution in [0.4, 0.5) is 5.69 Å². The molecular weight excluding hydrogens is 314 g/mol. The summed E-state index contributed by atoms with van der Waals surface area (Å²) in [4.78, 5) is 12.7. The van der Waals surface area contributed by atoms with E-state index in [0.29, 0.717) is 12.2 Å². The Hall–Kier alpha value is -3.01. The van der Waals surface area contributed by atoms with Gasteiger partial charge in [0.2, 0.25) is 0 Å². The Labute approximate surface area is 147 Å². The van der Waals surface area contributed by atoms with Gasteiger partial charge in [-0.2, -0.15) is 0 Å². The molecule has 0 aliphatic heterocycles. The Bertz CT molecular complexity index is 853. The Morgan fingerprint density at radius 2 is 1.64 bits per heavy atom. The fraction of sp³-hybridized carbons (Fsp3) is 0.190. The van der Waals surface area contributed by atoms with Crippen LogP contribution in [0.3, 0.4) is 0 Å². The van der Waals surface area contributed by atoms with Crippen LogP contribution < -0.4 is 14.8 Å². The monoisotopic (exact) mass is 335 g/mol. The number of ether oxygens (including phenoxy) is 2. The number of hydrogen-bond acceptors (Lipinski definition) is 3. The van der Waals surface area contributed by atoms with E-state index in [4.69, 9.17) is 9.47 Å². The molecule has 0 unspecified atom stereocenters. The fourth-order valence-electron chi connectivity index (χ4n) is 2.69. The van der Waals surface area contributed by atoms with E-state index in [-0.39, 0.29) is 5.91 Å². The molecule has 0 fully saturated rings. The third kappa shape index (κ3) is 3.91. The molecule has 3 aromatic rings. The van der Waals surface area contributed by atoms with E-state index >= 15 is 0 Å². The van der Waals surface area contributed by atoms with Gasteiger partial charge in [-0.15, -0.1) is 0 Å². The highest BCUT2D eigenvalue weighted by molar-refractivity contribution is 6.03. The minimum absolute atomic E-state index is 0.158. The molecule has 0 aliphatic rings. The van der Waals surface area contributed by atoms with Crippen LogP contribution in [0, 0.1) is 0 Å². The first-order valence-electron chi connectivity index (χ1n) is 8.30. The average molecular weight is 335 g/mol. The van der Waals surface area contributed by atoms with Gasteiger partial charge in [-0.1, -0.05) is 43.3 Å². The van der Waals surface area contributed by atoms with Crippen molar-refractivity contribution in [3.63, 3.8) is 0 Å². The lowest BCUT2D eigenvalue weighted by Gasteiger charge is -2.18. The summed E-state index contributed by atoms with van der Waals surface area (Å²) in [7, 11) is 1.61. The van der Waals surface area contributed by atoms with Crippen LogP contribution in [0.1, 0.15) is 13.3 Å². The van der Waals surface area contributed by atoms with Crippen LogP contribution in [-0.4, -0.2) is 19.1 Å². The number of anilines is 1. The predicted octanol–water partition coefficient (Wildman–Crippen LogP) is 4.64. The molecule has 0 heterocycles. The number of carbonyl (C=O) groups is 1. The number of carbonyl (C=O) groups excluding carboxylic acids is 1. The lowest BCUT2D eigenvalue weighted by atomic mass is 10.1. The summed E-state index contributed by atoms with van der Waals surface area (Å²) in [5, 5.41) is 5.09. The third-order valence-corrected chi connectivity index (χ3v) is 4.05. The van der Waals surface area contributed by atoms with Gasteiger partial charge in [0.25, 0.3) is 5.91 Å². The SMILES string of the molecule is CC[C@@H](Oc1ccc(OC)cc1)C(=O)Nc1cccc2ccccc12. The number of benzene rings is 3. The number of methoxy groups -OCH3 is 1. The number of rotatable bonds is 6. The molecule has 0 radical (unpaired) electrons. The van der Waals surface area contributed by atoms with E-state index in [1.807, 2.05) is 61.5 Å². The molecule has 1 atom stereocenters. The molecule has 25 heavy (non-hydrogen) atoms. The maximum Gasteiger partial charge on any atom is 0.265 e. The van der Waals surface area contributed by atoms with Crippen LogP contribution in [-0.2, 0) is 4.79 Å². The van der Waals surface area contributed by atoms with Crippen molar-refractivity contribution >= 4 is 22.4 Å². The molecule has 0 saturated heterocycles. The molecule has 0 saturated carbocycles. The van der Waals surface area contributed by atoms with E-state index in [2.05, 4.69) is 5.32 Å². The molecule has 128 valence electrons. The lowest BCUT2D eigenvalue weighted by Crippen LogP contribution is -2.32. The molecule has 4 heteroatoms. The summed E-state index contributed by atoms with van der Waals surface area (Å²) in [5.41, 5.74) is 0.792. The Morgan fingerprint density at radius 1 is 0.960 bits per heavy atom. The highest BCUT2D eigenvalue weighted by Gasteiger charge is 2.19. The molecule has 0 aliphatic carbocycles. The quantitative estimate of drug-likeness (QED) is 0.713. The van der Waals surface area contributed by atoms with Gasteiger partial charge in [0.05, 0.1) is 7.11 Å². The maximum atomic E-state index is 12.7. The second-order valence-electron chi connectivity index (χ2n) is 5.71. The summed E-state index contributed by atoms with van der Waals surface area (Å²) in [6, 6.07) is 21.0. The molecular formula is C21H21NO3. The van der Waals surface area contributed by atoms with Gasteiger partial charge >= 0.3 is 0 Å². The van der Waals surface area contributed by atoms with Gasteiger partial charge in [-0.3, -0.25) is 4.79 Å². The predicted molar refractivity (Wildman–Crippen MR) is 100 cm³/mol. The van der Waals surface area contributed by atoms with Crippen molar-refractivity contribution < 1.29 is 14.3 Å². The number of amides is 1. The second kappa shape index (κ2) is 7.71. The summed E-state index contributed by atoms with van der Waals surface area (Å²) < 4.78 is 11.0. The third-order valence-electron chi connectivity index (χ3n) is 4.05. The minimum atomic E-state index is -0.563. The van der Waals surface area contributed by atoms with E-state index < -0.39 is 6.10 Å². The van der Waals surface area contributed by atoms with Crippen molar-refractivity contribution in [1.82, 2.24) is 0 Å². The van der Waals surface area contributed by atoms with E-state index in [1.165, 1.54) is 0 Å². The zero-order valence-electron chi connectivity index (χ0n) is 14.4. The van der Waals surface area contributed by atoms with Gasteiger partial charge in [-0.05, 0) is 42.1 Å². The van der Waals surface area contributed by atoms with Crippen LogP contribution in [0.15, 0.2) is 66.7 Å². The normalized spacial score (nSPS) is 11.8. The number of hydrogen-bond donors (Lipinski definition) is 1. The van der Waals surface area contributed by atoms with Crippen LogP contribution >= 0.6 is 0 Å². The molecule has 4 nitrogen and oxygen atoms in total. The highest BCUT2D eigenvalue weighted by atomic mass is 16.5. The van der Waals surface area contributed by atoms with Crippen LogP contribution in [0.25, 0.3) is 10.8 Å². The van der Waals surface area contributed by atoms with E-state index in [1.54, 1.807) is 19.2 Å². The molecule has 0 bridgehead atoms. The van der Waals surface area contributed by atoms with Crippen molar-refractivity contribution in [3.05, 3.63) is 66.7 Å². The second-order valence-corrected chi connectivity index (χ2v) is 5.71. The molecule has 0 spiro atoms. The van der Waals surface area contributed by atoms with Crippen molar-refractivity contribution in [2.45, 2.75) is 19.4 Å². The Morgan fingerprint density at radius 3 is 2.36 bits per heavy atom. The maximum absolute atomic E-state index is 12.7. The van der Waals surface area contributed by atoms with E-state index in [9.17, 15) is 4.79 Å². The zero-order valence-corrected chi connectivity index (χ0v) is 14.4. The first-order valence-corrected chi connectivity index (χ1v) is 8.30. The first kappa shape index (κ1) is 16.8. The minimum Gasteiger partial charge on any atom is -0.497 e. The topological polar surface area (TPSA) is 47.6 Å². The highest BCUT2D eigenvalue weighted by Crippen LogP contribution is 2.24. The van der Waals surface area contributed by atoms with Crippen LogP contribution in [0.5, 0.6) is 11.5 Å². The standard InChI is InChI=1S/C21H21NO3/c1-3-20(25-17-13-11-16(24-2)12-14-17)21(23)22-19-10-6-8-15-7-4-5-9-18(15)19/h4-14,20H,3H2,1-2H3,(H,22,23)/t20-/m1/s1. The van der Waals surface area contributed by atoms with Crippen LogP contribution in [0.2, 0.25) is 0 Å². The Balaban J connectivity index is 1.75. The number of nitrogens with one attached hydrogen (secondary N) is 1. The summed E-state index contributed by atoms with van der Waals surface area (Å²) >= 11 is 0. The molecule has 3 rings (SSSR count). The van der Waals surface area contributed by atoms with Crippen molar-refractivity contribution in [3.8, 4) is 11.5 Å². The molecule has 1 N–H and O–H groups in total. The van der Waals surface area contributed by atoms with E-state index in [0.717, 1.165) is 22.2 Å². The molecule has 1 amide bonds. The van der Waals surface area contributed by atoms with Gasteiger partial charge in [0.1, 0.15) is 11.5 Å². The van der Waals surface area contributed by atoms with Crippen molar-refractivity contribution in [1.29, 1.82) is 0 Å². The smallest absolute Gasteiger partial charge is 0.265 e.